The van der Waals surface area contributed by atoms with E-state index < -0.39 is 0 Å². The second-order valence-corrected chi connectivity index (χ2v) is 4.71. The highest BCUT2D eigenvalue weighted by Gasteiger charge is 2.28. The zero-order valence-corrected chi connectivity index (χ0v) is 9.87. The Labute approximate surface area is 99.6 Å². The van der Waals surface area contributed by atoms with Crippen LogP contribution in [0.2, 0.25) is 0 Å². The van der Waals surface area contributed by atoms with Gasteiger partial charge in [0.2, 0.25) is 0 Å². The van der Waals surface area contributed by atoms with Crippen LogP contribution < -0.4 is 4.90 Å². The molecular formula is C11H9BrFNO2. The summed E-state index contributed by atoms with van der Waals surface area (Å²) in [7, 11) is 0. The van der Waals surface area contributed by atoms with Crippen LogP contribution in [0, 0.1) is 5.82 Å². The predicted molar refractivity (Wildman–Crippen MR) is 62.1 cm³/mol. The molecule has 0 radical (unpaired) electrons. The molecule has 0 spiro atoms. The average molecular weight is 286 g/mol. The Balaban J connectivity index is 2.17. The molecule has 0 atom stereocenters. The molecule has 5 heteroatoms. The molecule has 0 amide bonds. The lowest BCUT2D eigenvalue weighted by Gasteiger charge is -2.37. The van der Waals surface area contributed by atoms with E-state index in [9.17, 15) is 9.50 Å². The summed E-state index contributed by atoms with van der Waals surface area (Å²) in [5, 5.41) is 9.97. The molecule has 1 fully saturated rings. The monoisotopic (exact) mass is 285 g/mol. The first kappa shape index (κ1) is 10.1. The Morgan fingerprint density at radius 3 is 2.94 bits per heavy atom. The Morgan fingerprint density at radius 1 is 1.50 bits per heavy atom. The van der Waals surface area contributed by atoms with Crippen LogP contribution in [0.5, 0.6) is 0 Å². The van der Waals surface area contributed by atoms with Crippen molar-refractivity contribution < 1.29 is 13.9 Å². The van der Waals surface area contributed by atoms with Crippen molar-refractivity contribution in [3.8, 4) is 0 Å². The quantitative estimate of drug-likeness (QED) is 0.875. The Hall–Kier alpha value is -1.07. The molecule has 2 aromatic rings. The number of fused-ring (bicyclic) bond motifs is 1. The van der Waals surface area contributed by atoms with E-state index in [2.05, 4.69) is 15.9 Å². The fourth-order valence-corrected chi connectivity index (χ4v) is 2.37. The minimum Gasteiger partial charge on any atom is -0.462 e. The fourth-order valence-electron chi connectivity index (χ4n) is 1.94. The first-order chi connectivity index (χ1) is 7.66. The first-order valence-electron chi connectivity index (χ1n) is 4.95. The van der Waals surface area contributed by atoms with Crippen LogP contribution in [0.1, 0.15) is 0 Å². The van der Waals surface area contributed by atoms with Gasteiger partial charge in [0.25, 0.3) is 0 Å². The highest BCUT2D eigenvalue weighted by atomic mass is 79.9. The van der Waals surface area contributed by atoms with Crippen molar-refractivity contribution in [1.82, 2.24) is 0 Å². The summed E-state index contributed by atoms with van der Waals surface area (Å²) in [6.07, 6.45) is 1.21. The maximum Gasteiger partial charge on any atom is 0.158 e. The van der Waals surface area contributed by atoms with Gasteiger partial charge >= 0.3 is 0 Å². The number of hydrogen-bond donors (Lipinski definition) is 1. The summed E-state index contributed by atoms with van der Waals surface area (Å²) >= 11 is 3.19. The topological polar surface area (TPSA) is 36.6 Å². The summed E-state index contributed by atoms with van der Waals surface area (Å²) in [6.45, 7) is 1.05. The molecule has 1 N–H and O–H groups in total. The van der Waals surface area contributed by atoms with E-state index >= 15 is 0 Å². The van der Waals surface area contributed by atoms with Gasteiger partial charge in [-0.25, -0.2) is 4.39 Å². The summed E-state index contributed by atoms with van der Waals surface area (Å²) < 4.78 is 19.4. The van der Waals surface area contributed by atoms with Gasteiger partial charge < -0.3 is 14.4 Å². The van der Waals surface area contributed by atoms with Crippen molar-refractivity contribution in [2.24, 2.45) is 0 Å². The normalized spacial score (nSPS) is 16.8. The zero-order valence-electron chi connectivity index (χ0n) is 8.28. The third kappa shape index (κ3) is 1.35. The van der Waals surface area contributed by atoms with Crippen LogP contribution in [0.4, 0.5) is 10.1 Å². The second kappa shape index (κ2) is 3.46. The molecule has 0 saturated carbocycles. The number of nitrogens with zero attached hydrogens (tertiary/aromatic N) is 1. The largest absolute Gasteiger partial charge is 0.462 e. The number of hydrogen-bond acceptors (Lipinski definition) is 3. The fraction of sp³-hybridized carbons (Fsp3) is 0.273. The molecule has 3 nitrogen and oxygen atoms in total. The minimum atomic E-state index is -0.322. The number of benzene rings is 1. The predicted octanol–water partition coefficient (Wildman–Crippen LogP) is 2.52. The Bertz CT molecular complexity index is 548. The zero-order chi connectivity index (χ0) is 11.3. The molecule has 1 aromatic carbocycles. The van der Waals surface area contributed by atoms with E-state index in [1.54, 1.807) is 6.07 Å². The molecule has 1 aliphatic heterocycles. The minimum absolute atomic E-state index is 0.315. The molecule has 0 bridgehead atoms. The van der Waals surface area contributed by atoms with Crippen LogP contribution in [0.15, 0.2) is 27.3 Å². The SMILES string of the molecule is OC1CN(c2cc(F)c(Br)c3ccoc23)C1. The molecular weight excluding hydrogens is 277 g/mol. The van der Waals surface area contributed by atoms with Crippen molar-refractivity contribution in [3.05, 3.63) is 28.7 Å². The Morgan fingerprint density at radius 2 is 2.25 bits per heavy atom. The molecule has 1 aromatic heterocycles. The summed E-state index contributed by atoms with van der Waals surface area (Å²) in [5.74, 6) is -0.315. The number of furan rings is 1. The maximum absolute atomic E-state index is 13.6. The van der Waals surface area contributed by atoms with Crippen LogP contribution in [-0.4, -0.2) is 24.3 Å². The highest BCUT2D eigenvalue weighted by molar-refractivity contribution is 9.10. The number of rotatable bonds is 1. The van der Waals surface area contributed by atoms with E-state index in [0.717, 1.165) is 5.39 Å². The van der Waals surface area contributed by atoms with Crippen molar-refractivity contribution in [1.29, 1.82) is 0 Å². The standard InChI is InChI=1S/C11H9BrFNO2/c12-10-7-1-2-16-11(7)9(3-8(10)13)14-4-6(15)5-14/h1-3,6,15H,4-5H2. The van der Waals surface area contributed by atoms with Crippen LogP contribution in [0.25, 0.3) is 11.0 Å². The maximum atomic E-state index is 13.6. The average Bonchev–Trinajstić information content (AvgIpc) is 2.68. The molecule has 1 aliphatic rings. The highest BCUT2D eigenvalue weighted by Crippen LogP contribution is 2.36. The van der Waals surface area contributed by atoms with Crippen LogP contribution >= 0.6 is 15.9 Å². The number of aliphatic hydroxyl groups excluding tert-OH is 1. The molecule has 0 unspecified atom stereocenters. The molecule has 0 aliphatic carbocycles. The van der Waals surface area contributed by atoms with E-state index in [4.69, 9.17) is 4.42 Å². The summed E-state index contributed by atoms with van der Waals surface area (Å²) in [6, 6.07) is 3.16. The van der Waals surface area contributed by atoms with E-state index in [1.165, 1.54) is 12.3 Å². The van der Waals surface area contributed by atoms with Crippen LogP contribution in [-0.2, 0) is 0 Å². The summed E-state index contributed by atoms with van der Waals surface area (Å²) in [4.78, 5) is 1.89. The van der Waals surface area contributed by atoms with Gasteiger partial charge in [-0.3, -0.25) is 0 Å². The molecule has 3 rings (SSSR count). The van der Waals surface area contributed by atoms with Crippen molar-refractivity contribution in [3.63, 3.8) is 0 Å². The van der Waals surface area contributed by atoms with Gasteiger partial charge in [-0.1, -0.05) is 0 Å². The van der Waals surface area contributed by atoms with E-state index in [-0.39, 0.29) is 11.9 Å². The van der Waals surface area contributed by atoms with Gasteiger partial charge in [0.05, 0.1) is 22.5 Å². The van der Waals surface area contributed by atoms with E-state index in [0.29, 0.717) is 28.8 Å². The number of aliphatic hydroxyl groups is 1. The third-order valence-corrected chi connectivity index (χ3v) is 3.62. The van der Waals surface area contributed by atoms with Gasteiger partial charge in [0.1, 0.15) is 5.82 Å². The lowest BCUT2D eigenvalue weighted by atomic mass is 10.1. The lowest BCUT2D eigenvalue weighted by Crippen LogP contribution is -2.50. The smallest absolute Gasteiger partial charge is 0.158 e. The van der Waals surface area contributed by atoms with Gasteiger partial charge in [-0.05, 0) is 22.0 Å². The number of β-amino-alcohol motifs (C(OH)–C–C–N with tert-alkyl or cyclic N) is 1. The van der Waals surface area contributed by atoms with Gasteiger partial charge in [-0.15, -0.1) is 0 Å². The van der Waals surface area contributed by atoms with Gasteiger partial charge in [0.15, 0.2) is 5.58 Å². The molecule has 1 saturated heterocycles. The Kier molecular flexibility index (Phi) is 2.19. The van der Waals surface area contributed by atoms with Crippen molar-refractivity contribution in [2.45, 2.75) is 6.10 Å². The number of halogens is 2. The first-order valence-corrected chi connectivity index (χ1v) is 5.74. The summed E-state index contributed by atoms with van der Waals surface area (Å²) in [5.41, 5.74) is 1.35. The molecule has 84 valence electrons. The van der Waals surface area contributed by atoms with E-state index in [1.807, 2.05) is 4.90 Å². The van der Waals surface area contributed by atoms with Crippen molar-refractivity contribution in [2.75, 3.05) is 18.0 Å². The van der Waals surface area contributed by atoms with Crippen molar-refractivity contribution >= 4 is 32.6 Å². The van der Waals surface area contributed by atoms with Crippen LogP contribution in [0.3, 0.4) is 0 Å². The molecule has 16 heavy (non-hydrogen) atoms. The third-order valence-electron chi connectivity index (χ3n) is 2.81. The van der Waals surface area contributed by atoms with Gasteiger partial charge in [0, 0.05) is 24.5 Å². The number of anilines is 1. The molecule has 2 heterocycles. The second-order valence-electron chi connectivity index (χ2n) is 3.91. The van der Waals surface area contributed by atoms with Gasteiger partial charge in [-0.2, -0.15) is 0 Å². The lowest BCUT2D eigenvalue weighted by molar-refractivity contribution is 0.142.